The third-order valence-electron chi connectivity index (χ3n) is 7.28. The van der Waals surface area contributed by atoms with Crippen LogP contribution < -0.4 is 10.6 Å². The van der Waals surface area contributed by atoms with E-state index in [2.05, 4.69) is 15.5 Å². The molecule has 2 N–H and O–H groups in total. The minimum atomic E-state index is -0.535. The maximum absolute atomic E-state index is 13.5. The van der Waals surface area contributed by atoms with E-state index in [-0.39, 0.29) is 29.8 Å². The fourth-order valence-electron chi connectivity index (χ4n) is 5.59. The van der Waals surface area contributed by atoms with Crippen LogP contribution in [-0.2, 0) is 20.9 Å². The number of hydrogen-bond donors (Lipinski definition) is 2. The summed E-state index contributed by atoms with van der Waals surface area (Å²) in [5.41, 5.74) is 1.04. The molecule has 7 heteroatoms. The van der Waals surface area contributed by atoms with E-state index >= 15 is 0 Å². The van der Waals surface area contributed by atoms with E-state index in [0.29, 0.717) is 19.4 Å². The molecule has 0 aliphatic carbocycles. The van der Waals surface area contributed by atoms with Gasteiger partial charge in [0.1, 0.15) is 12.1 Å². The van der Waals surface area contributed by atoms with Crippen molar-refractivity contribution in [3.63, 3.8) is 0 Å². The zero-order valence-electron chi connectivity index (χ0n) is 19.1. The summed E-state index contributed by atoms with van der Waals surface area (Å²) in [5.74, 6) is -0.231. The number of hydrogen-bond acceptors (Lipinski definition) is 4. The fraction of sp³-hybridized carbons (Fsp3) is 0.640. The molecule has 0 aromatic heterocycles. The van der Waals surface area contributed by atoms with Gasteiger partial charge in [-0.05, 0) is 70.0 Å². The Balaban J connectivity index is 1.40. The minimum absolute atomic E-state index is 0.0459. The van der Waals surface area contributed by atoms with Crippen molar-refractivity contribution in [2.24, 2.45) is 0 Å². The molecule has 3 saturated heterocycles. The summed E-state index contributed by atoms with van der Waals surface area (Å²) >= 11 is 0. The summed E-state index contributed by atoms with van der Waals surface area (Å²) in [4.78, 5) is 43.6. The van der Waals surface area contributed by atoms with Crippen LogP contribution in [0.5, 0.6) is 0 Å². The third kappa shape index (κ3) is 4.98. The Kier molecular flexibility index (Phi) is 7.45. The van der Waals surface area contributed by atoms with Crippen LogP contribution in [-0.4, -0.2) is 64.8 Å². The highest BCUT2D eigenvalue weighted by atomic mass is 16.2. The molecule has 174 valence electrons. The largest absolute Gasteiger partial charge is 0.350 e. The average Bonchev–Trinajstić information content (AvgIpc) is 3.45. The van der Waals surface area contributed by atoms with Gasteiger partial charge < -0.3 is 15.5 Å². The molecule has 0 unspecified atom stereocenters. The number of fused-ring (bicyclic) bond motifs is 1. The first-order valence-corrected chi connectivity index (χ1v) is 12.3. The van der Waals surface area contributed by atoms with Crippen LogP contribution in [0, 0.1) is 0 Å². The van der Waals surface area contributed by atoms with E-state index in [4.69, 9.17) is 0 Å². The Morgan fingerprint density at radius 3 is 2.50 bits per heavy atom. The van der Waals surface area contributed by atoms with E-state index in [9.17, 15) is 14.4 Å². The Labute approximate surface area is 190 Å². The maximum Gasteiger partial charge on any atom is 0.246 e. The summed E-state index contributed by atoms with van der Waals surface area (Å²) in [7, 11) is 0. The zero-order chi connectivity index (χ0) is 22.5. The van der Waals surface area contributed by atoms with Gasteiger partial charge in [0.05, 0.1) is 6.04 Å². The Morgan fingerprint density at radius 1 is 1.03 bits per heavy atom. The molecule has 4 atom stereocenters. The number of likely N-dealkylation sites (tertiary alicyclic amines) is 1. The molecule has 4 rings (SSSR count). The number of nitrogens with zero attached hydrogens (tertiary/aromatic N) is 2. The highest BCUT2D eigenvalue weighted by molar-refractivity contribution is 5.94. The molecule has 3 aliphatic heterocycles. The lowest BCUT2D eigenvalue weighted by Crippen LogP contribution is -2.56. The van der Waals surface area contributed by atoms with Gasteiger partial charge in [-0.3, -0.25) is 19.3 Å². The molecule has 3 heterocycles. The molecule has 0 bridgehead atoms. The van der Waals surface area contributed by atoms with E-state index < -0.39 is 12.1 Å². The normalized spacial score (nSPS) is 27.0. The summed E-state index contributed by atoms with van der Waals surface area (Å²) in [6.07, 6.45) is 6.95. The number of rotatable bonds is 7. The monoisotopic (exact) mass is 440 g/mol. The van der Waals surface area contributed by atoms with Gasteiger partial charge in [0.15, 0.2) is 0 Å². The minimum Gasteiger partial charge on any atom is -0.350 e. The topological polar surface area (TPSA) is 81.8 Å². The van der Waals surface area contributed by atoms with Crippen molar-refractivity contribution in [1.29, 1.82) is 0 Å². The van der Waals surface area contributed by atoms with Crippen molar-refractivity contribution in [1.82, 2.24) is 20.4 Å². The van der Waals surface area contributed by atoms with Gasteiger partial charge in [0.2, 0.25) is 17.7 Å². The van der Waals surface area contributed by atoms with E-state index in [1.54, 1.807) is 4.90 Å². The van der Waals surface area contributed by atoms with Gasteiger partial charge >= 0.3 is 0 Å². The standard InChI is InChI=1S/C25H36N4O3/c1-2-21(28-15-6-7-16-28)24(31)27-20-12-8-11-19-13-14-22(29(19)25(20)32)23(30)26-17-18-9-4-3-5-10-18/h3-5,9-10,19-22H,2,6-8,11-17H2,1H3,(H,26,30)(H,27,31)/t19-,20-,21-,22-/m0/s1. The van der Waals surface area contributed by atoms with Crippen molar-refractivity contribution in [2.75, 3.05) is 13.1 Å². The zero-order valence-corrected chi connectivity index (χ0v) is 19.1. The molecule has 0 saturated carbocycles. The highest BCUT2D eigenvalue weighted by Crippen LogP contribution is 2.32. The second-order valence-electron chi connectivity index (χ2n) is 9.36. The summed E-state index contributed by atoms with van der Waals surface area (Å²) < 4.78 is 0. The quantitative estimate of drug-likeness (QED) is 0.681. The van der Waals surface area contributed by atoms with E-state index in [1.165, 1.54) is 0 Å². The van der Waals surface area contributed by atoms with Gasteiger partial charge in [-0.1, -0.05) is 37.3 Å². The summed E-state index contributed by atoms with van der Waals surface area (Å²) in [6, 6.07) is 8.74. The van der Waals surface area contributed by atoms with Crippen molar-refractivity contribution in [3.8, 4) is 0 Å². The van der Waals surface area contributed by atoms with Gasteiger partial charge in [0, 0.05) is 12.6 Å². The molecule has 1 aromatic carbocycles. The molecule has 3 amide bonds. The molecule has 7 nitrogen and oxygen atoms in total. The molecule has 3 fully saturated rings. The van der Waals surface area contributed by atoms with Crippen LogP contribution in [0.15, 0.2) is 30.3 Å². The summed E-state index contributed by atoms with van der Waals surface area (Å²) in [5, 5.41) is 6.07. The Hall–Kier alpha value is -2.41. The first kappa shape index (κ1) is 22.8. The van der Waals surface area contributed by atoms with E-state index in [1.807, 2.05) is 37.3 Å². The predicted molar refractivity (Wildman–Crippen MR) is 123 cm³/mol. The van der Waals surface area contributed by atoms with Crippen molar-refractivity contribution in [2.45, 2.75) is 89.0 Å². The van der Waals surface area contributed by atoms with Gasteiger partial charge in [0.25, 0.3) is 0 Å². The van der Waals surface area contributed by atoms with Crippen molar-refractivity contribution < 1.29 is 14.4 Å². The maximum atomic E-state index is 13.5. The number of amides is 3. The number of carbonyl (C=O) groups excluding carboxylic acids is 3. The van der Waals surface area contributed by atoms with Crippen LogP contribution in [0.3, 0.4) is 0 Å². The first-order valence-electron chi connectivity index (χ1n) is 12.3. The van der Waals surface area contributed by atoms with Crippen molar-refractivity contribution in [3.05, 3.63) is 35.9 Å². The lowest BCUT2D eigenvalue weighted by atomic mass is 10.0. The predicted octanol–water partition coefficient (Wildman–Crippen LogP) is 2.21. The van der Waals surface area contributed by atoms with Gasteiger partial charge in [-0.15, -0.1) is 0 Å². The molecule has 0 spiro atoms. The van der Waals surface area contributed by atoms with Crippen LogP contribution in [0.2, 0.25) is 0 Å². The van der Waals surface area contributed by atoms with Crippen LogP contribution in [0.1, 0.15) is 63.9 Å². The van der Waals surface area contributed by atoms with Crippen molar-refractivity contribution >= 4 is 17.7 Å². The number of benzene rings is 1. The number of carbonyl (C=O) groups is 3. The summed E-state index contributed by atoms with van der Waals surface area (Å²) in [6.45, 7) is 4.38. The fourth-order valence-corrected chi connectivity index (χ4v) is 5.59. The average molecular weight is 441 g/mol. The highest BCUT2D eigenvalue weighted by Gasteiger charge is 2.45. The first-order chi connectivity index (χ1) is 15.6. The molecule has 3 aliphatic rings. The molecular formula is C25H36N4O3. The van der Waals surface area contributed by atoms with Crippen LogP contribution >= 0.6 is 0 Å². The lowest BCUT2D eigenvalue weighted by molar-refractivity contribution is -0.143. The second kappa shape index (κ2) is 10.5. The number of nitrogens with one attached hydrogen (secondary N) is 2. The Morgan fingerprint density at radius 2 is 1.78 bits per heavy atom. The second-order valence-corrected chi connectivity index (χ2v) is 9.36. The van der Waals surface area contributed by atoms with Crippen LogP contribution in [0.25, 0.3) is 0 Å². The molecular weight excluding hydrogens is 404 g/mol. The molecule has 32 heavy (non-hydrogen) atoms. The molecule has 0 radical (unpaired) electrons. The van der Waals surface area contributed by atoms with Crippen LogP contribution in [0.4, 0.5) is 0 Å². The van der Waals surface area contributed by atoms with Gasteiger partial charge in [-0.25, -0.2) is 0 Å². The Bertz CT molecular complexity index is 809. The lowest BCUT2D eigenvalue weighted by Gasteiger charge is -2.32. The molecule has 1 aromatic rings. The van der Waals surface area contributed by atoms with Gasteiger partial charge in [-0.2, -0.15) is 0 Å². The van der Waals surface area contributed by atoms with E-state index in [0.717, 1.165) is 57.2 Å². The third-order valence-corrected chi connectivity index (χ3v) is 7.28. The SMILES string of the molecule is CC[C@@H](C(=O)N[C@H]1CCC[C@H]2CC[C@@H](C(=O)NCc3ccccc3)N2C1=O)N1CCCC1. The smallest absolute Gasteiger partial charge is 0.246 e.